The fourth-order valence-electron chi connectivity index (χ4n) is 1.21. The van der Waals surface area contributed by atoms with E-state index < -0.39 is 5.97 Å². The Balaban J connectivity index is 2.65. The molecule has 0 aliphatic carbocycles. The summed E-state index contributed by atoms with van der Waals surface area (Å²) in [7, 11) is 0. The number of carboxylic acids is 1. The number of thioether (sulfide) groups is 1. The maximum Gasteiger partial charge on any atom is 0.337 e. The van der Waals surface area contributed by atoms with Gasteiger partial charge in [-0.3, -0.25) is 0 Å². The number of hydrogen-bond acceptors (Lipinski definition) is 3. The third-order valence-corrected chi connectivity index (χ3v) is 2.99. The molecule has 3 N–H and O–H groups in total. The predicted molar refractivity (Wildman–Crippen MR) is 73.8 cm³/mol. The van der Waals surface area contributed by atoms with Crippen LogP contribution in [0.2, 0.25) is 5.02 Å². The quantitative estimate of drug-likeness (QED) is 0.728. The number of urea groups is 1. The second-order valence-electron chi connectivity index (χ2n) is 3.37. The highest BCUT2D eigenvalue weighted by Crippen LogP contribution is 2.20. The largest absolute Gasteiger partial charge is 0.478 e. The Labute approximate surface area is 114 Å². The molecular formula is C11H13ClN2O3S. The number of aromatic carboxylic acids is 1. The Morgan fingerprint density at radius 3 is 2.78 bits per heavy atom. The van der Waals surface area contributed by atoms with Gasteiger partial charge >= 0.3 is 12.0 Å². The maximum atomic E-state index is 11.4. The van der Waals surface area contributed by atoms with Gasteiger partial charge in [-0.05, 0) is 24.5 Å². The first-order valence-corrected chi connectivity index (χ1v) is 6.88. The summed E-state index contributed by atoms with van der Waals surface area (Å²) in [5.41, 5.74) is 0.344. The third kappa shape index (κ3) is 4.46. The number of anilines is 1. The first kappa shape index (κ1) is 14.7. The number of halogens is 1. The van der Waals surface area contributed by atoms with E-state index in [1.54, 1.807) is 17.8 Å². The number of carboxylic acid groups (broad SMARTS) is 1. The summed E-state index contributed by atoms with van der Waals surface area (Å²) < 4.78 is 0. The van der Waals surface area contributed by atoms with Gasteiger partial charge in [0.15, 0.2) is 0 Å². The number of carbonyl (C=O) groups is 2. The normalized spacial score (nSPS) is 9.89. The molecule has 0 heterocycles. The van der Waals surface area contributed by atoms with Gasteiger partial charge in [0, 0.05) is 18.0 Å². The molecule has 1 rings (SSSR count). The van der Waals surface area contributed by atoms with Crippen LogP contribution in [-0.2, 0) is 0 Å². The van der Waals surface area contributed by atoms with Gasteiger partial charge in [0.25, 0.3) is 0 Å². The molecule has 0 aliphatic rings. The molecule has 98 valence electrons. The zero-order valence-corrected chi connectivity index (χ0v) is 11.3. The monoisotopic (exact) mass is 288 g/mol. The molecule has 0 fully saturated rings. The number of amides is 2. The molecule has 0 atom stereocenters. The van der Waals surface area contributed by atoms with E-state index in [4.69, 9.17) is 16.7 Å². The maximum absolute atomic E-state index is 11.4. The number of benzene rings is 1. The van der Waals surface area contributed by atoms with E-state index >= 15 is 0 Å². The Morgan fingerprint density at radius 1 is 1.44 bits per heavy atom. The van der Waals surface area contributed by atoms with Crippen molar-refractivity contribution in [2.75, 3.05) is 23.9 Å². The Kier molecular flexibility index (Phi) is 5.80. The van der Waals surface area contributed by atoms with Crippen molar-refractivity contribution >= 4 is 41.1 Å². The summed E-state index contributed by atoms with van der Waals surface area (Å²) in [4.78, 5) is 22.3. The zero-order chi connectivity index (χ0) is 13.5. The molecule has 5 nitrogen and oxygen atoms in total. The topological polar surface area (TPSA) is 78.4 Å². The molecule has 18 heavy (non-hydrogen) atoms. The molecule has 0 saturated carbocycles. The summed E-state index contributed by atoms with van der Waals surface area (Å²) in [6.07, 6.45) is 1.94. The molecule has 2 amide bonds. The van der Waals surface area contributed by atoms with Gasteiger partial charge in [0.1, 0.15) is 0 Å². The van der Waals surface area contributed by atoms with E-state index in [0.717, 1.165) is 5.75 Å². The average Bonchev–Trinajstić information content (AvgIpc) is 2.31. The fraction of sp³-hybridized carbons (Fsp3) is 0.273. The third-order valence-electron chi connectivity index (χ3n) is 2.05. The van der Waals surface area contributed by atoms with Gasteiger partial charge in [-0.15, -0.1) is 0 Å². The van der Waals surface area contributed by atoms with Gasteiger partial charge in [0.2, 0.25) is 0 Å². The minimum Gasteiger partial charge on any atom is -0.478 e. The molecule has 1 aromatic rings. The first-order chi connectivity index (χ1) is 8.54. The average molecular weight is 289 g/mol. The van der Waals surface area contributed by atoms with Gasteiger partial charge in [-0.1, -0.05) is 11.6 Å². The van der Waals surface area contributed by atoms with Crippen LogP contribution >= 0.6 is 23.4 Å². The van der Waals surface area contributed by atoms with E-state index in [9.17, 15) is 9.59 Å². The number of rotatable bonds is 5. The summed E-state index contributed by atoms with van der Waals surface area (Å²) >= 11 is 7.34. The highest BCUT2D eigenvalue weighted by atomic mass is 35.5. The first-order valence-electron chi connectivity index (χ1n) is 5.11. The summed E-state index contributed by atoms with van der Waals surface area (Å²) in [5, 5.41) is 14.2. The molecule has 1 aromatic carbocycles. The van der Waals surface area contributed by atoms with Crippen LogP contribution < -0.4 is 10.6 Å². The van der Waals surface area contributed by atoms with E-state index in [1.807, 2.05) is 6.26 Å². The Morgan fingerprint density at radius 2 is 2.17 bits per heavy atom. The molecule has 0 spiro atoms. The van der Waals surface area contributed by atoms with Gasteiger partial charge < -0.3 is 15.7 Å². The standard InChI is InChI=1S/C11H13ClN2O3S/c1-18-5-4-13-11(17)14-7-2-3-9(12)8(6-7)10(15)16/h2-3,6H,4-5H2,1H3,(H,15,16)(H2,13,14,17). The van der Waals surface area contributed by atoms with E-state index in [2.05, 4.69) is 10.6 Å². The number of carbonyl (C=O) groups excluding carboxylic acids is 1. The zero-order valence-electron chi connectivity index (χ0n) is 9.70. The highest BCUT2D eigenvalue weighted by molar-refractivity contribution is 7.98. The molecule has 0 radical (unpaired) electrons. The van der Waals surface area contributed by atoms with Crippen LogP contribution in [0.5, 0.6) is 0 Å². The summed E-state index contributed by atoms with van der Waals surface area (Å²) in [6, 6.07) is 3.92. The van der Waals surface area contributed by atoms with Crippen molar-refractivity contribution < 1.29 is 14.7 Å². The van der Waals surface area contributed by atoms with Crippen molar-refractivity contribution in [2.45, 2.75) is 0 Å². The van der Waals surface area contributed by atoms with Crippen LogP contribution in [0, 0.1) is 0 Å². The summed E-state index contributed by atoms with van der Waals surface area (Å²) in [6.45, 7) is 0.548. The van der Waals surface area contributed by atoms with Crippen molar-refractivity contribution in [3.8, 4) is 0 Å². The lowest BCUT2D eigenvalue weighted by Crippen LogP contribution is -2.30. The van der Waals surface area contributed by atoms with E-state index in [-0.39, 0.29) is 16.6 Å². The van der Waals surface area contributed by atoms with E-state index in [0.29, 0.717) is 12.2 Å². The molecular weight excluding hydrogens is 276 g/mol. The molecule has 0 unspecified atom stereocenters. The fourth-order valence-corrected chi connectivity index (χ4v) is 1.71. The van der Waals surface area contributed by atoms with Crippen molar-refractivity contribution in [3.63, 3.8) is 0 Å². The van der Waals surface area contributed by atoms with Crippen LogP contribution in [0.4, 0.5) is 10.5 Å². The van der Waals surface area contributed by atoms with Gasteiger partial charge in [0.05, 0.1) is 10.6 Å². The minimum absolute atomic E-state index is 0.0430. The van der Waals surface area contributed by atoms with Crippen molar-refractivity contribution in [1.29, 1.82) is 0 Å². The second kappa shape index (κ2) is 7.13. The predicted octanol–water partition coefficient (Wildman–Crippen LogP) is 2.52. The lowest BCUT2D eigenvalue weighted by atomic mass is 10.2. The number of nitrogens with one attached hydrogen (secondary N) is 2. The SMILES string of the molecule is CSCCNC(=O)Nc1ccc(Cl)c(C(=O)O)c1. The van der Waals surface area contributed by atoms with Crippen molar-refractivity contribution in [3.05, 3.63) is 28.8 Å². The molecule has 0 saturated heterocycles. The minimum atomic E-state index is -1.13. The lowest BCUT2D eigenvalue weighted by molar-refractivity contribution is 0.0697. The van der Waals surface area contributed by atoms with Crippen molar-refractivity contribution in [2.24, 2.45) is 0 Å². The smallest absolute Gasteiger partial charge is 0.337 e. The Bertz CT molecular complexity index is 454. The van der Waals surface area contributed by atoms with Crippen molar-refractivity contribution in [1.82, 2.24) is 5.32 Å². The second-order valence-corrected chi connectivity index (χ2v) is 4.77. The molecule has 7 heteroatoms. The van der Waals surface area contributed by atoms with Crippen LogP contribution in [0.1, 0.15) is 10.4 Å². The van der Waals surface area contributed by atoms with E-state index in [1.165, 1.54) is 12.1 Å². The highest BCUT2D eigenvalue weighted by Gasteiger charge is 2.10. The Hall–Kier alpha value is -1.40. The van der Waals surface area contributed by atoms with Crippen LogP contribution in [-0.4, -0.2) is 35.7 Å². The van der Waals surface area contributed by atoms with Gasteiger partial charge in [-0.2, -0.15) is 11.8 Å². The van der Waals surface area contributed by atoms with Crippen LogP contribution in [0.25, 0.3) is 0 Å². The lowest BCUT2D eigenvalue weighted by Gasteiger charge is -2.08. The van der Waals surface area contributed by atoms with Gasteiger partial charge in [-0.25, -0.2) is 9.59 Å². The molecule has 0 aliphatic heterocycles. The summed E-state index contributed by atoms with van der Waals surface area (Å²) in [5.74, 6) is -0.319. The van der Waals surface area contributed by atoms with Crippen LogP contribution in [0.15, 0.2) is 18.2 Å². The van der Waals surface area contributed by atoms with Crippen LogP contribution in [0.3, 0.4) is 0 Å². The number of hydrogen-bond donors (Lipinski definition) is 3. The molecule has 0 bridgehead atoms. The molecule has 0 aromatic heterocycles.